The second-order valence-corrected chi connectivity index (χ2v) is 23.6. The van der Waals surface area contributed by atoms with Crippen LogP contribution in [-0.2, 0) is 23.7 Å². The largest absolute Gasteiger partial charge is 0.394 e. The van der Waals surface area contributed by atoms with Crippen molar-refractivity contribution in [3.8, 4) is 0 Å². The number of hydrogen-bond acceptors (Lipinski definition) is 13. The van der Waals surface area contributed by atoms with Gasteiger partial charge in [0.05, 0.1) is 32.0 Å². The van der Waals surface area contributed by atoms with Crippen LogP contribution in [0.2, 0.25) is 0 Å². The van der Waals surface area contributed by atoms with Crippen molar-refractivity contribution in [2.45, 2.75) is 364 Å². The summed E-state index contributed by atoms with van der Waals surface area (Å²) in [5, 5.41) is 87.3. The average molecular weight is 1130 g/mol. The van der Waals surface area contributed by atoms with Crippen LogP contribution in [-0.4, -0.2) is 140 Å². The number of nitrogens with one attached hydrogen (secondary N) is 1. The van der Waals surface area contributed by atoms with E-state index in [1.54, 1.807) is 6.08 Å². The highest BCUT2D eigenvalue weighted by Gasteiger charge is 2.51. The maximum Gasteiger partial charge on any atom is 0.220 e. The lowest BCUT2D eigenvalue weighted by Crippen LogP contribution is -2.65. The fraction of sp³-hybridized carbons (Fsp3) is 0.923. The Kier molecular flexibility index (Phi) is 47.4. The third kappa shape index (κ3) is 36.0. The number of aliphatic hydroxyl groups is 8. The minimum Gasteiger partial charge on any atom is -0.394 e. The van der Waals surface area contributed by atoms with Gasteiger partial charge >= 0.3 is 0 Å². The SMILES string of the molecule is CCCCCCCCCC/C=C\CCCCCCCCCCCCCCCCCC(=O)NC(COC1OC(CO)C(OC2OC(CO)C(O)C(O)C2O)C(O)C1O)C(O)/C=C/CCCCCCCCCCCCCCCCCC. The van der Waals surface area contributed by atoms with E-state index in [0.29, 0.717) is 6.42 Å². The number of hydrogen-bond donors (Lipinski definition) is 9. The van der Waals surface area contributed by atoms with Gasteiger partial charge < -0.3 is 65.1 Å². The van der Waals surface area contributed by atoms with E-state index in [1.807, 2.05) is 6.08 Å². The Morgan fingerprint density at radius 3 is 1.20 bits per heavy atom. The molecule has 14 heteroatoms. The summed E-state index contributed by atoms with van der Waals surface area (Å²) in [4.78, 5) is 13.3. The van der Waals surface area contributed by atoms with Crippen LogP contribution in [0.5, 0.6) is 0 Å². The summed E-state index contributed by atoms with van der Waals surface area (Å²) in [5.41, 5.74) is 0. The molecule has 2 heterocycles. The van der Waals surface area contributed by atoms with Crippen molar-refractivity contribution >= 4 is 5.91 Å². The van der Waals surface area contributed by atoms with Gasteiger partial charge in [0, 0.05) is 6.42 Å². The lowest BCUT2D eigenvalue weighted by Gasteiger charge is -2.46. The van der Waals surface area contributed by atoms with Gasteiger partial charge in [0.25, 0.3) is 0 Å². The number of carbonyl (C=O) groups is 1. The third-order valence-corrected chi connectivity index (χ3v) is 16.4. The van der Waals surface area contributed by atoms with E-state index in [9.17, 15) is 45.6 Å². The zero-order chi connectivity index (χ0) is 57.4. The molecule has 0 aromatic rings. The molecule has 2 aliphatic rings. The van der Waals surface area contributed by atoms with Crippen LogP contribution in [0.25, 0.3) is 0 Å². The minimum atomic E-state index is -1.79. The zero-order valence-electron chi connectivity index (χ0n) is 50.4. The number of amides is 1. The molecular weight excluding hydrogens is 1000 g/mol. The molecule has 466 valence electrons. The number of ether oxygens (including phenoxy) is 4. The molecule has 0 bridgehead atoms. The van der Waals surface area contributed by atoms with Crippen molar-refractivity contribution in [3.05, 3.63) is 24.3 Å². The van der Waals surface area contributed by atoms with E-state index in [-0.39, 0.29) is 18.9 Å². The highest BCUT2D eigenvalue weighted by Crippen LogP contribution is 2.30. The van der Waals surface area contributed by atoms with Crippen LogP contribution in [0.3, 0.4) is 0 Å². The van der Waals surface area contributed by atoms with Gasteiger partial charge in [0.15, 0.2) is 12.6 Å². The number of rotatable bonds is 54. The molecule has 2 saturated heterocycles. The highest BCUT2D eigenvalue weighted by molar-refractivity contribution is 5.76. The Balaban J connectivity index is 1.69. The predicted molar refractivity (Wildman–Crippen MR) is 318 cm³/mol. The van der Waals surface area contributed by atoms with Crippen LogP contribution in [0.15, 0.2) is 24.3 Å². The van der Waals surface area contributed by atoms with E-state index in [0.717, 1.165) is 38.5 Å². The predicted octanol–water partition coefficient (Wildman–Crippen LogP) is 12.4. The first-order chi connectivity index (χ1) is 38.6. The summed E-state index contributed by atoms with van der Waals surface area (Å²) in [6.45, 7) is 2.84. The van der Waals surface area contributed by atoms with Crippen LogP contribution in [0, 0.1) is 0 Å². The molecule has 0 aromatic heterocycles. The van der Waals surface area contributed by atoms with Crippen molar-refractivity contribution < 1.29 is 64.6 Å². The maximum absolute atomic E-state index is 13.3. The van der Waals surface area contributed by atoms with Crippen molar-refractivity contribution in [2.24, 2.45) is 0 Å². The van der Waals surface area contributed by atoms with Gasteiger partial charge in [-0.1, -0.05) is 263 Å². The van der Waals surface area contributed by atoms with Crippen molar-refractivity contribution in [1.29, 1.82) is 0 Å². The molecule has 12 unspecified atom stereocenters. The van der Waals surface area contributed by atoms with Crippen LogP contribution >= 0.6 is 0 Å². The topological polar surface area (TPSA) is 228 Å². The third-order valence-electron chi connectivity index (χ3n) is 16.4. The smallest absolute Gasteiger partial charge is 0.220 e. The van der Waals surface area contributed by atoms with Gasteiger partial charge in [-0.25, -0.2) is 0 Å². The molecule has 9 N–H and O–H groups in total. The molecule has 14 nitrogen and oxygen atoms in total. The molecule has 0 aliphatic carbocycles. The second kappa shape index (κ2) is 50.9. The lowest BCUT2D eigenvalue weighted by atomic mass is 9.97. The standard InChI is InChI=1S/C65H123NO13/c1-3-5-7-9-11-13-15-17-19-21-23-24-25-26-27-28-29-30-31-33-35-37-39-41-43-45-47-49-57(70)66-53(54(69)48-46-44-42-40-38-36-34-32-22-20-18-16-14-12-10-8-6-4-2)52-76-64-62(75)60(73)63(56(51-68)78-64)79-65-61(74)59(72)58(71)55(50-67)77-65/h21,23,46,48,53-56,58-65,67-69,71-75H,3-20,22,24-45,47,49-52H2,1-2H3,(H,66,70)/b23-21-,48-46+. The minimum absolute atomic E-state index is 0.234. The summed E-state index contributed by atoms with van der Waals surface area (Å²) < 4.78 is 22.8. The Morgan fingerprint density at radius 2 is 0.797 bits per heavy atom. The highest BCUT2D eigenvalue weighted by atomic mass is 16.7. The molecule has 0 radical (unpaired) electrons. The van der Waals surface area contributed by atoms with Crippen molar-refractivity contribution in [3.63, 3.8) is 0 Å². The molecular formula is C65H123NO13. The summed E-state index contributed by atoms with van der Waals surface area (Å²) in [7, 11) is 0. The molecule has 0 aromatic carbocycles. The number of allylic oxidation sites excluding steroid dienone is 3. The summed E-state index contributed by atoms with van der Waals surface area (Å²) in [5.74, 6) is -0.234. The van der Waals surface area contributed by atoms with Gasteiger partial charge in [0.1, 0.15) is 48.8 Å². The second-order valence-electron chi connectivity index (χ2n) is 23.6. The monoisotopic (exact) mass is 1130 g/mol. The molecule has 0 saturated carbocycles. The fourth-order valence-corrected chi connectivity index (χ4v) is 11.1. The van der Waals surface area contributed by atoms with Gasteiger partial charge in [-0.2, -0.15) is 0 Å². The van der Waals surface area contributed by atoms with Gasteiger partial charge in [0.2, 0.25) is 5.91 Å². The Morgan fingerprint density at radius 1 is 0.443 bits per heavy atom. The van der Waals surface area contributed by atoms with Crippen molar-refractivity contribution in [1.82, 2.24) is 5.32 Å². The Hall–Kier alpha value is -1.53. The lowest BCUT2D eigenvalue weighted by molar-refractivity contribution is -0.359. The van der Waals surface area contributed by atoms with E-state index in [2.05, 4.69) is 31.3 Å². The van der Waals surface area contributed by atoms with E-state index in [4.69, 9.17) is 18.9 Å². The quantitative estimate of drug-likeness (QED) is 0.0204. The first kappa shape index (κ1) is 73.6. The molecule has 2 rings (SSSR count). The molecule has 2 fully saturated rings. The summed E-state index contributed by atoms with van der Waals surface area (Å²) >= 11 is 0. The van der Waals surface area contributed by atoms with Gasteiger partial charge in [-0.3, -0.25) is 4.79 Å². The molecule has 2 aliphatic heterocycles. The molecule has 0 spiro atoms. The fourth-order valence-electron chi connectivity index (χ4n) is 11.1. The maximum atomic E-state index is 13.3. The van der Waals surface area contributed by atoms with Crippen LogP contribution < -0.4 is 5.32 Å². The van der Waals surface area contributed by atoms with Crippen LogP contribution in [0.4, 0.5) is 0 Å². The van der Waals surface area contributed by atoms with E-state index < -0.39 is 86.8 Å². The Labute approximate surface area is 481 Å². The molecule has 79 heavy (non-hydrogen) atoms. The Bertz CT molecular complexity index is 1420. The summed E-state index contributed by atoms with van der Waals surface area (Å²) in [6.07, 6.45) is 45.1. The van der Waals surface area contributed by atoms with Gasteiger partial charge in [-0.05, 0) is 44.9 Å². The number of carbonyl (C=O) groups excluding carboxylic acids is 1. The van der Waals surface area contributed by atoms with E-state index >= 15 is 0 Å². The number of aliphatic hydroxyl groups excluding tert-OH is 8. The first-order valence-electron chi connectivity index (χ1n) is 33.1. The first-order valence-corrected chi connectivity index (χ1v) is 33.1. The molecule has 1 amide bonds. The van der Waals surface area contributed by atoms with Gasteiger partial charge in [-0.15, -0.1) is 0 Å². The van der Waals surface area contributed by atoms with Crippen molar-refractivity contribution in [2.75, 3.05) is 19.8 Å². The normalized spacial score (nSPS) is 24.5. The van der Waals surface area contributed by atoms with Crippen LogP contribution in [0.1, 0.15) is 290 Å². The average Bonchev–Trinajstić information content (AvgIpc) is 3.46. The molecule has 12 atom stereocenters. The van der Waals surface area contributed by atoms with E-state index in [1.165, 1.54) is 225 Å². The zero-order valence-corrected chi connectivity index (χ0v) is 50.4. The summed E-state index contributed by atoms with van der Waals surface area (Å²) in [6, 6.07) is -0.912. The number of unbranched alkanes of at least 4 members (excludes halogenated alkanes) is 39.